The van der Waals surface area contributed by atoms with E-state index in [2.05, 4.69) is 28.1 Å². The molecule has 4 rings (SSSR count). The van der Waals surface area contributed by atoms with E-state index in [-0.39, 0.29) is 24.1 Å². The van der Waals surface area contributed by atoms with Gasteiger partial charge in [0.15, 0.2) is 5.76 Å². The summed E-state index contributed by atoms with van der Waals surface area (Å²) in [6.45, 7) is 0.606. The van der Waals surface area contributed by atoms with Crippen LogP contribution in [0.1, 0.15) is 22.5 Å². The Bertz CT molecular complexity index is 1240. The third-order valence-electron chi connectivity index (χ3n) is 5.19. The quantitative estimate of drug-likeness (QED) is 0.249. The molecule has 2 amide bonds. The van der Waals surface area contributed by atoms with E-state index >= 15 is 0 Å². The molecule has 0 saturated carbocycles. The predicted octanol–water partition coefficient (Wildman–Crippen LogP) is 5.59. The summed E-state index contributed by atoms with van der Waals surface area (Å²) in [4.78, 5) is 24.7. The van der Waals surface area contributed by atoms with E-state index in [1.807, 2.05) is 48.5 Å². The van der Waals surface area contributed by atoms with Gasteiger partial charge in [-0.25, -0.2) is 0 Å². The van der Waals surface area contributed by atoms with Crippen molar-refractivity contribution in [2.24, 2.45) is 0 Å². The summed E-state index contributed by atoms with van der Waals surface area (Å²) in [7, 11) is 0. The van der Waals surface area contributed by atoms with E-state index in [0.29, 0.717) is 29.4 Å². The van der Waals surface area contributed by atoms with Crippen LogP contribution in [0.5, 0.6) is 5.75 Å². The summed E-state index contributed by atoms with van der Waals surface area (Å²) in [6.07, 6.45) is 3.25. The normalized spacial score (nSPS) is 10.4. The average Bonchev–Trinajstić information content (AvgIpc) is 3.43. The van der Waals surface area contributed by atoms with Crippen LogP contribution in [-0.4, -0.2) is 25.0 Å². The van der Waals surface area contributed by atoms with Gasteiger partial charge in [-0.1, -0.05) is 48.5 Å². The number of carbonyl (C=O) groups is 2. The summed E-state index contributed by atoms with van der Waals surface area (Å²) in [5.41, 5.74) is 3.18. The molecule has 1 heterocycles. The average molecular weight is 470 g/mol. The molecule has 7 heteroatoms. The maximum Gasteiger partial charge on any atom is 0.291 e. The highest BCUT2D eigenvalue weighted by Crippen LogP contribution is 2.24. The number of amides is 2. The minimum atomic E-state index is -0.342. The minimum absolute atomic E-state index is 0.0535. The number of hydrogen-bond donors (Lipinski definition) is 3. The molecule has 1 aromatic heterocycles. The fourth-order valence-electron chi connectivity index (χ4n) is 3.48. The van der Waals surface area contributed by atoms with Gasteiger partial charge in [-0.05, 0) is 60.9 Å². The van der Waals surface area contributed by atoms with Crippen molar-refractivity contribution in [3.63, 3.8) is 0 Å². The molecule has 4 aromatic rings. The Morgan fingerprint density at radius 2 is 1.60 bits per heavy atom. The van der Waals surface area contributed by atoms with Crippen LogP contribution >= 0.6 is 0 Å². The summed E-state index contributed by atoms with van der Waals surface area (Å²) in [6, 6.07) is 28.0. The van der Waals surface area contributed by atoms with Gasteiger partial charge in [-0.2, -0.15) is 0 Å². The van der Waals surface area contributed by atoms with Gasteiger partial charge in [0.2, 0.25) is 5.91 Å². The summed E-state index contributed by atoms with van der Waals surface area (Å²) < 4.78 is 11.0. The first-order valence-electron chi connectivity index (χ1n) is 11.4. The van der Waals surface area contributed by atoms with Crippen molar-refractivity contribution >= 4 is 28.9 Å². The molecule has 7 nitrogen and oxygen atoms in total. The monoisotopic (exact) mass is 469 g/mol. The summed E-state index contributed by atoms with van der Waals surface area (Å²) >= 11 is 0. The number of aryl methyl sites for hydroxylation is 1. The number of rotatable bonds is 11. The molecule has 178 valence electrons. The van der Waals surface area contributed by atoms with Crippen molar-refractivity contribution in [3.8, 4) is 5.75 Å². The van der Waals surface area contributed by atoms with Crippen LogP contribution < -0.4 is 20.7 Å². The molecule has 0 spiro atoms. The Morgan fingerprint density at radius 1 is 0.800 bits per heavy atom. The molecule has 3 aromatic carbocycles. The molecule has 0 bridgehead atoms. The highest BCUT2D eigenvalue weighted by molar-refractivity contribution is 6.02. The van der Waals surface area contributed by atoms with Gasteiger partial charge < -0.3 is 25.1 Å². The van der Waals surface area contributed by atoms with Gasteiger partial charge in [-0.3, -0.25) is 9.59 Å². The smallest absolute Gasteiger partial charge is 0.291 e. The fourth-order valence-corrected chi connectivity index (χ4v) is 3.48. The first-order chi connectivity index (χ1) is 17.2. The number of para-hydroxylation sites is 2. The van der Waals surface area contributed by atoms with Crippen LogP contribution in [0.25, 0.3) is 0 Å². The number of benzene rings is 3. The van der Waals surface area contributed by atoms with Crippen molar-refractivity contribution in [1.82, 2.24) is 0 Å². The first kappa shape index (κ1) is 23.6. The lowest BCUT2D eigenvalue weighted by Gasteiger charge is -2.13. The third-order valence-corrected chi connectivity index (χ3v) is 5.19. The number of nitrogens with one attached hydrogen (secondary N) is 3. The number of furan rings is 1. The largest absolute Gasteiger partial charge is 0.491 e. The molecule has 35 heavy (non-hydrogen) atoms. The first-order valence-corrected chi connectivity index (χ1v) is 11.4. The Labute approximate surface area is 204 Å². The zero-order valence-electron chi connectivity index (χ0n) is 19.2. The zero-order chi connectivity index (χ0) is 24.3. The highest BCUT2D eigenvalue weighted by atomic mass is 16.5. The second-order valence-corrected chi connectivity index (χ2v) is 7.85. The molecule has 3 N–H and O–H groups in total. The van der Waals surface area contributed by atoms with Gasteiger partial charge in [0.25, 0.3) is 5.91 Å². The van der Waals surface area contributed by atoms with Gasteiger partial charge in [0.05, 0.1) is 25.1 Å². The lowest BCUT2D eigenvalue weighted by atomic mass is 10.1. The summed E-state index contributed by atoms with van der Waals surface area (Å²) in [5, 5.41) is 8.74. The molecule has 0 fully saturated rings. The van der Waals surface area contributed by atoms with Crippen molar-refractivity contribution in [2.45, 2.75) is 12.8 Å². The molecule has 0 saturated heterocycles. The third kappa shape index (κ3) is 7.23. The maximum absolute atomic E-state index is 12.6. The van der Waals surface area contributed by atoms with Crippen LogP contribution in [0, 0.1) is 0 Å². The standard InChI is InChI=1S/C28H27N3O4/c32-27(20-29-22-12-6-13-23(19-22)30-28(33)26-16-8-18-35-26)31-24-14-4-5-15-25(24)34-17-7-11-21-9-2-1-3-10-21/h1-6,8-10,12-16,18-19,29H,7,11,17,20H2,(H,30,33)(H,31,32). The van der Waals surface area contributed by atoms with Crippen LogP contribution in [-0.2, 0) is 11.2 Å². The molecule has 0 aliphatic rings. The van der Waals surface area contributed by atoms with E-state index in [0.717, 1.165) is 12.8 Å². The second-order valence-electron chi connectivity index (χ2n) is 7.85. The van der Waals surface area contributed by atoms with Gasteiger partial charge in [0.1, 0.15) is 5.75 Å². The number of carbonyl (C=O) groups excluding carboxylic acids is 2. The number of ether oxygens (including phenoxy) is 1. The Balaban J connectivity index is 1.25. The van der Waals surface area contributed by atoms with Gasteiger partial charge >= 0.3 is 0 Å². The minimum Gasteiger partial charge on any atom is -0.491 e. The van der Waals surface area contributed by atoms with Crippen molar-refractivity contribution in [1.29, 1.82) is 0 Å². The highest BCUT2D eigenvalue weighted by Gasteiger charge is 2.10. The van der Waals surface area contributed by atoms with E-state index in [9.17, 15) is 9.59 Å². The van der Waals surface area contributed by atoms with Crippen LogP contribution in [0.15, 0.2) is 102 Å². The zero-order valence-corrected chi connectivity index (χ0v) is 19.2. The van der Waals surface area contributed by atoms with Gasteiger partial charge in [-0.15, -0.1) is 0 Å². The molecule has 0 unspecified atom stereocenters. The maximum atomic E-state index is 12.6. The SMILES string of the molecule is O=C(CNc1cccc(NC(=O)c2ccco2)c1)Nc1ccccc1OCCCc1ccccc1. The van der Waals surface area contributed by atoms with E-state index in [1.54, 1.807) is 30.3 Å². The molecular weight excluding hydrogens is 442 g/mol. The number of anilines is 3. The Kier molecular flexibility index (Phi) is 8.16. The van der Waals surface area contributed by atoms with Crippen LogP contribution in [0.4, 0.5) is 17.1 Å². The fraction of sp³-hybridized carbons (Fsp3) is 0.143. The number of hydrogen-bond acceptors (Lipinski definition) is 5. The van der Waals surface area contributed by atoms with Crippen LogP contribution in [0.3, 0.4) is 0 Å². The van der Waals surface area contributed by atoms with Crippen molar-refractivity contribution in [2.75, 3.05) is 29.1 Å². The molecule has 0 atom stereocenters. The van der Waals surface area contributed by atoms with Crippen molar-refractivity contribution in [3.05, 3.63) is 109 Å². The summed E-state index contributed by atoms with van der Waals surface area (Å²) in [5.74, 6) is 0.306. The van der Waals surface area contributed by atoms with Crippen LogP contribution in [0.2, 0.25) is 0 Å². The molecule has 0 radical (unpaired) electrons. The Morgan fingerprint density at radius 3 is 2.43 bits per heavy atom. The van der Waals surface area contributed by atoms with Gasteiger partial charge in [0, 0.05) is 11.4 Å². The van der Waals surface area contributed by atoms with E-state index in [4.69, 9.17) is 9.15 Å². The lowest BCUT2D eigenvalue weighted by molar-refractivity contribution is -0.114. The predicted molar refractivity (Wildman–Crippen MR) is 137 cm³/mol. The molecule has 0 aliphatic carbocycles. The van der Waals surface area contributed by atoms with Crippen molar-refractivity contribution < 1.29 is 18.7 Å². The Hall–Kier alpha value is -4.52. The molecule has 0 aliphatic heterocycles. The van der Waals surface area contributed by atoms with E-state index in [1.165, 1.54) is 11.8 Å². The van der Waals surface area contributed by atoms with E-state index < -0.39 is 0 Å². The second kappa shape index (κ2) is 12.1. The molecular formula is C28H27N3O4. The topological polar surface area (TPSA) is 92.6 Å². The lowest BCUT2D eigenvalue weighted by Crippen LogP contribution is -2.22.